The van der Waals surface area contributed by atoms with Crippen molar-refractivity contribution in [3.8, 4) is 0 Å². The van der Waals surface area contributed by atoms with Crippen LogP contribution >= 0.6 is 0 Å². The van der Waals surface area contributed by atoms with Gasteiger partial charge in [0.2, 0.25) is 23.7 Å². The first-order chi connectivity index (χ1) is 23.3. The van der Waals surface area contributed by atoms with Gasteiger partial charge in [0.15, 0.2) is 0 Å². The molecule has 280 valence electrons. The molecule has 1 heterocycles. The SMILES string of the molecule is CC1(N=C=O)CCCCC1.CC1(NC(=O)N[C@H](C(=O)N2CC3[C@@H]([C@H]2C(=O)NC(CC2CCC2)C(=O)C(N)=O)C3(C)C)C(C)(C)C)CCCCC1. The van der Waals surface area contributed by atoms with E-state index in [0.717, 1.165) is 64.2 Å². The summed E-state index contributed by atoms with van der Waals surface area (Å²) >= 11 is 0. The molecule has 0 aromatic carbocycles. The van der Waals surface area contributed by atoms with Crippen LogP contribution in [0.15, 0.2) is 4.99 Å². The van der Waals surface area contributed by atoms with Gasteiger partial charge >= 0.3 is 6.03 Å². The number of primary amides is 1. The first-order valence-corrected chi connectivity index (χ1v) is 18.9. The van der Waals surface area contributed by atoms with Crippen LogP contribution in [0.3, 0.4) is 0 Å². The van der Waals surface area contributed by atoms with Crippen molar-refractivity contribution in [2.45, 2.75) is 168 Å². The van der Waals surface area contributed by atoms with E-state index in [0.29, 0.717) is 13.0 Å². The van der Waals surface area contributed by atoms with Crippen molar-refractivity contribution < 1.29 is 28.8 Å². The Kier molecular flexibility index (Phi) is 12.3. The number of piperidine rings is 1. The maximum atomic E-state index is 14.1. The van der Waals surface area contributed by atoms with Gasteiger partial charge in [0, 0.05) is 12.1 Å². The van der Waals surface area contributed by atoms with Gasteiger partial charge in [0.25, 0.3) is 5.91 Å². The van der Waals surface area contributed by atoms with Gasteiger partial charge in [-0.25, -0.2) is 9.59 Å². The Morgan fingerprint density at radius 1 is 0.880 bits per heavy atom. The Morgan fingerprint density at radius 2 is 1.46 bits per heavy atom. The van der Waals surface area contributed by atoms with Crippen LogP contribution < -0.4 is 21.7 Å². The van der Waals surface area contributed by atoms with E-state index in [-0.39, 0.29) is 46.2 Å². The fourth-order valence-corrected chi connectivity index (χ4v) is 8.78. The number of nitrogens with one attached hydrogen (secondary N) is 3. The molecule has 5 rings (SSSR count). The third kappa shape index (κ3) is 9.33. The number of urea groups is 1. The molecule has 4 saturated carbocycles. The summed E-state index contributed by atoms with van der Waals surface area (Å²) in [5.41, 5.74) is 4.20. The van der Waals surface area contributed by atoms with Gasteiger partial charge < -0.3 is 26.6 Å². The molecule has 5 amide bonds. The molecule has 12 heteroatoms. The van der Waals surface area contributed by atoms with Crippen molar-refractivity contribution in [2.75, 3.05) is 6.54 Å². The average molecular weight is 699 g/mol. The van der Waals surface area contributed by atoms with Gasteiger partial charge in [0.1, 0.15) is 12.1 Å². The second-order valence-electron chi connectivity index (χ2n) is 18.0. The normalized spacial score (nSPS) is 27.3. The minimum absolute atomic E-state index is 0.0694. The van der Waals surface area contributed by atoms with Gasteiger partial charge in [-0.2, -0.15) is 4.99 Å². The van der Waals surface area contributed by atoms with Crippen LogP contribution in [-0.2, 0) is 24.0 Å². The molecule has 5 aliphatic rings. The lowest BCUT2D eigenvalue weighted by Gasteiger charge is -2.39. The number of hydrogen-bond acceptors (Lipinski definition) is 7. The molecule has 0 spiro atoms. The molecular formula is C38H62N6O6. The van der Waals surface area contributed by atoms with E-state index < -0.39 is 41.1 Å². The van der Waals surface area contributed by atoms with E-state index in [1.54, 1.807) is 11.0 Å². The second kappa shape index (κ2) is 15.5. The maximum absolute atomic E-state index is 14.1. The predicted octanol–water partition coefficient (Wildman–Crippen LogP) is 4.68. The molecule has 0 aromatic heterocycles. The topological polar surface area (TPSA) is 180 Å². The number of likely N-dealkylation sites (tertiary alicyclic amines) is 1. The number of nitrogens with two attached hydrogens (primary N) is 1. The van der Waals surface area contributed by atoms with Crippen LogP contribution in [0.1, 0.15) is 138 Å². The zero-order valence-corrected chi connectivity index (χ0v) is 31.5. The molecule has 2 unspecified atom stereocenters. The average Bonchev–Trinajstić information content (AvgIpc) is 3.31. The van der Waals surface area contributed by atoms with Gasteiger partial charge in [-0.05, 0) is 74.5 Å². The molecule has 50 heavy (non-hydrogen) atoms. The zero-order chi connectivity index (χ0) is 37.1. The van der Waals surface area contributed by atoms with E-state index in [9.17, 15) is 28.8 Å². The number of Topliss-reactive ketones (excluding diaryl/α,β-unsaturated/α-hetero) is 1. The smallest absolute Gasteiger partial charge is 0.315 e. The van der Waals surface area contributed by atoms with Crippen molar-refractivity contribution in [1.82, 2.24) is 20.9 Å². The summed E-state index contributed by atoms with van der Waals surface area (Å²) in [4.78, 5) is 80.8. The minimum atomic E-state index is -1.07. The standard InChI is InChI=1S/C30H49N5O5.C8H13NO/c1-28(2,3)23(33-27(40)34-30(6)13-8-7-9-14-30)26(39)35-16-18-20(29(18,4)5)21(35)25(38)32-19(22(36)24(31)37)15-17-11-10-12-17;1-8(9-7-10)5-3-2-4-6-8/h17-21,23H,7-16H2,1-6H3,(H2,31,37)(H,32,38)(H2,33,34,40);2-6H2,1H3/t18?,19?,20-,21-,23+;/m0./s1. The highest BCUT2D eigenvalue weighted by Gasteiger charge is 2.70. The van der Waals surface area contributed by atoms with Crippen LogP contribution in [0.25, 0.3) is 0 Å². The van der Waals surface area contributed by atoms with Crippen LogP contribution in [-0.4, -0.2) is 76.3 Å². The number of amides is 5. The summed E-state index contributed by atoms with van der Waals surface area (Å²) in [5, 5.41) is 8.86. The van der Waals surface area contributed by atoms with Crippen molar-refractivity contribution in [3.05, 3.63) is 0 Å². The molecule has 4 aliphatic carbocycles. The fourth-order valence-electron chi connectivity index (χ4n) is 8.78. The number of hydrogen-bond donors (Lipinski definition) is 4. The summed E-state index contributed by atoms with van der Waals surface area (Å²) in [6.07, 6.45) is 15.9. The van der Waals surface area contributed by atoms with Crippen molar-refractivity contribution in [2.24, 2.45) is 39.3 Å². The van der Waals surface area contributed by atoms with Gasteiger partial charge in [-0.3, -0.25) is 19.2 Å². The Hall–Kier alpha value is -3.27. The molecule has 5 fully saturated rings. The van der Waals surface area contributed by atoms with E-state index in [2.05, 4.69) is 34.8 Å². The van der Waals surface area contributed by atoms with Gasteiger partial charge in [0.05, 0.1) is 11.6 Å². The van der Waals surface area contributed by atoms with Gasteiger partial charge in [-0.15, -0.1) is 0 Å². The van der Waals surface area contributed by atoms with Crippen molar-refractivity contribution in [1.29, 1.82) is 0 Å². The van der Waals surface area contributed by atoms with Crippen molar-refractivity contribution >= 4 is 35.6 Å². The Labute approximate surface area is 298 Å². The zero-order valence-electron chi connectivity index (χ0n) is 31.5. The molecule has 0 bridgehead atoms. The van der Waals surface area contributed by atoms with E-state index in [1.165, 1.54) is 19.3 Å². The highest BCUT2D eigenvalue weighted by atomic mass is 16.2. The first-order valence-electron chi connectivity index (χ1n) is 18.9. The second-order valence-corrected chi connectivity index (χ2v) is 18.0. The summed E-state index contributed by atoms with van der Waals surface area (Å²) in [5.74, 6) is -2.28. The van der Waals surface area contributed by atoms with Crippen LogP contribution in [0.2, 0.25) is 0 Å². The highest BCUT2D eigenvalue weighted by Crippen LogP contribution is 2.65. The Morgan fingerprint density at radius 3 is 1.96 bits per heavy atom. The maximum Gasteiger partial charge on any atom is 0.315 e. The third-order valence-electron chi connectivity index (χ3n) is 12.4. The van der Waals surface area contributed by atoms with Crippen LogP contribution in [0.4, 0.5) is 4.79 Å². The van der Waals surface area contributed by atoms with Crippen molar-refractivity contribution in [3.63, 3.8) is 0 Å². The summed E-state index contributed by atoms with van der Waals surface area (Å²) in [7, 11) is 0. The molecule has 1 aliphatic heterocycles. The number of fused-ring (bicyclic) bond motifs is 1. The Bertz CT molecular complexity index is 1330. The van der Waals surface area contributed by atoms with Crippen LogP contribution in [0.5, 0.6) is 0 Å². The number of nitrogens with zero attached hydrogens (tertiary/aromatic N) is 2. The highest BCUT2D eigenvalue weighted by molar-refractivity contribution is 6.37. The number of rotatable bonds is 10. The molecule has 0 radical (unpaired) electrons. The monoisotopic (exact) mass is 698 g/mol. The molecule has 5 atom stereocenters. The van der Waals surface area contributed by atoms with E-state index in [1.807, 2.05) is 34.6 Å². The minimum Gasteiger partial charge on any atom is -0.363 e. The number of carbonyl (C=O) groups excluding carboxylic acids is 6. The largest absolute Gasteiger partial charge is 0.363 e. The number of ketones is 1. The van der Waals surface area contributed by atoms with E-state index >= 15 is 0 Å². The molecule has 1 saturated heterocycles. The summed E-state index contributed by atoms with van der Waals surface area (Å²) in [6.45, 7) is 14.3. The van der Waals surface area contributed by atoms with E-state index in [4.69, 9.17) is 5.73 Å². The number of isocyanates is 1. The summed E-state index contributed by atoms with van der Waals surface area (Å²) in [6, 6.07) is -3.01. The molecular weight excluding hydrogens is 636 g/mol. The lowest BCUT2D eigenvalue weighted by molar-refractivity contribution is -0.145. The van der Waals surface area contributed by atoms with Crippen LogP contribution in [0, 0.1) is 28.6 Å². The number of aliphatic imine (C=N–C) groups is 1. The van der Waals surface area contributed by atoms with Gasteiger partial charge in [-0.1, -0.05) is 92.4 Å². The Balaban J connectivity index is 0.000000482. The quantitative estimate of drug-likeness (QED) is 0.146. The summed E-state index contributed by atoms with van der Waals surface area (Å²) < 4.78 is 0. The fraction of sp³-hybridized carbons (Fsp3) is 0.842. The molecule has 0 aromatic rings. The first kappa shape index (κ1) is 39.5. The molecule has 5 N–H and O–H groups in total. The lowest BCUT2D eigenvalue weighted by Crippen LogP contribution is -2.62. The lowest BCUT2D eigenvalue weighted by atomic mass is 9.80. The molecule has 12 nitrogen and oxygen atoms in total. The predicted molar refractivity (Wildman–Crippen MR) is 190 cm³/mol. The third-order valence-corrected chi connectivity index (χ3v) is 12.4. The number of carbonyl (C=O) groups is 5.